The molecule has 0 bridgehead atoms. The van der Waals surface area contributed by atoms with Crippen LogP contribution in [0.2, 0.25) is 0 Å². The first-order valence-electron chi connectivity index (χ1n) is 12.0. The van der Waals surface area contributed by atoms with Crippen molar-refractivity contribution < 1.29 is 23.8 Å². The van der Waals surface area contributed by atoms with Gasteiger partial charge in [0.05, 0.1) is 19.9 Å². The second kappa shape index (κ2) is 12.8. The Hall–Kier alpha value is -3.21. The Morgan fingerprint density at radius 3 is 2.26 bits per heavy atom. The van der Waals surface area contributed by atoms with Gasteiger partial charge in [-0.25, -0.2) is 0 Å². The van der Waals surface area contributed by atoms with Crippen molar-refractivity contribution in [3.8, 4) is 11.5 Å². The molecule has 1 amide bonds. The molecule has 4 rings (SSSR count). The lowest BCUT2D eigenvalue weighted by atomic mass is 10.1. The lowest BCUT2D eigenvalue weighted by Gasteiger charge is -2.19. The average Bonchev–Trinajstić information content (AvgIpc) is 3.17. The van der Waals surface area contributed by atoms with Gasteiger partial charge in [-0.15, -0.1) is 0 Å². The fourth-order valence-electron chi connectivity index (χ4n) is 3.96. The number of nitrogens with zero attached hydrogens (tertiary/aromatic N) is 2. The summed E-state index contributed by atoms with van der Waals surface area (Å²) in [5.74, 6) is 0.149. The molecule has 0 N–H and O–H groups in total. The summed E-state index contributed by atoms with van der Waals surface area (Å²) in [5, 5.41) is 0.193. The van der Waals surface area contributed by atoms with Crippen molar-refractivity contribution in [1.29, 1.82) is 0 Å². The number of halogens is 2. The highest BCUT2D eigenvalue weighted by Crippen LogP contribution is 2.37. The topological polar surface area (TPSA) is 68.3 Å². The SMILES string of the molecule is CCc1ccc(N2C(=O)/C(=C/c3cc(OC)c(OCc4ccc(Br)cc4)cc3Br)N(CC(=O)OC)C2=S)cc1. The van der Waals surface area contributed by atoms with Crippen LogP contribution >= 0.6 is 44.1 Å². The molecule has 1 fully saturated rings. The molecule has 0 radical (unpaired) electrons. The van der Waals surface area contributed by atoms with E-state index in [4.69, 9.17) is 26.4 Å². The number of anilines is 1. The summed E-state index contributed by atoms with van der Waals surface area (Å²) >= 11 is 12.7. The van der Waals surface area contributed by atoms with Gasteiger partial charge in [0.15, 0.2) is 16.6 Å². The number of carbonyl (C=O) groups excluding carboxylic acids is 2. The number of benzene rings is 3. The molecular weight excluding hydrogens is 648 g/mol. The van der Waals surface area contributed by atoms with E-state index in [0.717, 1.165) is 22.0 Å². The van der Waals surface area contributed by atoms with E-state index in [1.165, 1.54) is 16.9 Å². The van der Waals surface area contributed by atoms with Gasteiger partial charge in [0.1, 0.15) is 18.8 Å². The van der Waals surface area contributed by atoms with E-state index < -0.39 is 5.97 Å². The number of ether oxygens (including phenoxy) is 3. The van der Waals surface area contributed by atoms with Crippen molar-refractivity contribution in [2.75, 3.05) is 25.7 Å². The number of rotatable bonds is 9. The third-order valence-corrected chi connectivity index (χ3v) is 7.75. The van der Waals surface area contributed by atoms with E-state index >= 15 is 0 Å². The maximum absolute atomic E-state index is 13.7. The zero-order valence-electron chi connectivity index (χ0n) is 21.6. The average molecular weight is 674 g/mol. The minimum absolute atomic E-state index is 0.193. The summed E-state index contributed by atoms with van der Waals surface area (Å²) in [6.07, 6.45) is 2.54. The number of amides is 1. The molecule has 0 unspecified atom stereocenters. The Balaban J connectivity index is 1.68. The van der Waals surface area contributed by atoms with Crippen LogP contribution in [0.4, 0.5) is 5.69 Å². The highest BCUT2D eigenvalue weighted by atomic mass is 79.9. The zero-order chi connectivity index (χ0) is 28.1. The van der Waals surface area contributed by atoms with Crippen LogP contribution in [0, 0.1) is 0 Å². The molecule has 3 aromatic carbocycles. The summed E-state index contributed by atoms with van der Waals surface area (Å²) in [5.41, 5.74) is 3.63. The Morgan fingerprint density at radius 1 is 0.974 bits per heavy atom. The van der Waals surface area contributed by atoms with E-state index in [2.05, 4.69) is 38.8 Å². The van der Waals surface area contributed by atoms with Gasteiger partial charge in [0.25, 0.3) is 5.91 Å². The molecule has 1 heterocycles. The third kappa shape index (κ3) is 6.51. The first-order valence-corrected chi connectivity index (χ1v) is 14.0. The fourth-order valence-corrected chi connectivity index (χ4v) is 5.01. The minimum Gasteiger partial charge on any atom is -0.493 e. The van der Waals surface area contributed by atoms with Gasteiger partial charge in [0.2, 0.25) is 0 Å². The Kier molecular flexibility index (Phi) is 9.42. The predicted molar refractivity (Wildman–Crippen MR) is 162 cm³/mol. The second-order valence-electron chi connectivity index (χ2n) is 8.57. The Morgan fingerprint density at radius 2 is 1.64 bits per heavy atom. The number of hydrogen-bond donors (Lipinski definition) is 0. The van der Waals surface area contributed by atoms with Gasteiger partial charge in [0, 0.05) is 8.95 Å². The van der Waals surface area contributed by atoms with Crippen LogP contribution in [-0.2, 0) is 27.4 Å². The predicted octanol–water partition coefficient (Wildman–Crippen LogP) is 6.51. The monoisotopic (exact) mass is 672 g/mol. The molecule has 0 saturated carbocycles. The van der Waals surface area contributed by atoms with Crippen molar-refractivity contribution in [2.45, 2.75) is 20.0 Å². The maximum atomic E-state index is 13.7. The van der Waals surface area contributed by atoms with Gasteiger partial charge in [-0.1, -0.05) is 63.0 Å². The normalized spacial score (nSPS) is 14.2. The molecule has 1 aliphatic rings. The lowest BCUT2D eigenvalue weighted by Crippen LogP contribution is -2.35. The van der Waals surface area contributed by atoms with E-state index in [0.29, 0.717) is 33.8 Å². The van der Waals surface area contributed by atoms with E-state index in [-0.39, 0.29) is 23.3 Å². The van der Waals surface area contributed by atoms with E-state index in [9.17, 15) is 9.59 Å². The van der Waals surface area contributed by atoms with Crippen molar-refractivity contribution in [3.63, 3.8) is 0 Å². The van der Waals surface area contributed by atoms with Crippen LogP contribution in [-0.4, -0.2) is 42.7 Å². The van der Waals surface area contributed by atoms with E-state index in [1.807, 2.05) is 48.5 Å². The molecular formula is C29H26Br2N2O5S. The van der Waals surface area contributed by atoms with Gasteiger partial charge in [-0.2, -0.15) is 0 Å². The minimum atomic E-state index is -0.521. The summed E-state index contributed by atoms with van der Waals surface area (Å²) in [6, 6.07) is 19.0. The highest BCUT2D eigenvalue weighted by molar-refractivity contribution is 9.10. The summed E-state index contributed by atoms with van der Waals surface area (Å²) in [6.45, 7) is 2.20. The van der Waals surface area contributed by atoms with Crippen molar-refractivity contribution in [3.05, 3.63) is 92.0 Å². The van der Waals surface area contributed by atoms with Crippen LogP contribution < -0.4 is 14.4 Å². The first kappa shape index (κ1) is 28.8. The quantitative estimate of drug-likeness (QED) is 0.146. The molecule has 3 aromatic rings. The Labute approximate surface area is 249 Å². The standard InChI is InChI=1S/C29H26Br2N2O5S/c1-4-18-7-11-22(12-8-18)33-28(35)24(32(29(33)39)16-27(34)37-3)13-20-14-25(36-2)26(15-23(20)31)38-17-19-5-9-21(30)10-6-19/h5-15H,4,16-17H2,1-3H3/b24-13-. The van der Waals surface area contributed by atoms with E-state index in [1.54, 1.807) is 25.3 Å². The maximum Gasteiger partial charge on any atom is 0.325 e. The first-order chi connectivity index (χ1) is 18.7. The van der Waals surface area contributed by atoms with Crippen LogP contribution in [0.25, 0.3) is 6.08 Å². The highest BCUT2D eigenvalue weighted by Gasteiger charge is 2.40. The smallest absolute Gasteiger partial charge is 0.325 e. The number of esters is 1. The third-order valence-electron chi connectivity index (χ3n) is 6.14. The van der Waals surface area contributed by atoms with Crippen LogP contribution in [0.5, 0.6) is 11.5 Å². The molecule has 0 aliphatic carbocycles. The molecule has 0 spiro atoms. The van der Waals surface area contributed by atoms with Crippen LogP contribution in [0.1, 0.15) is 23.6 Å². The van der Waals surface area contributed by atoms with Gasteiger partial charge >= 0.3 is 5.97 Å². The zero-order valence-corrected chi connectivity index (χ0v) is 25.6. The van der Waals surface area contributed by atoms with Crippen molar-refractivity contribution >= 4 is 72.8 Å². The van der Waals surface area contributed by atoms with Gasteiger partial charge in [-0.05, 0) is 77.8 Å². The largest absolute Gasteiger partial charge is 0.493 e. The van der Waals surface area contributed by atoms with Gasteiger partial charge in [-0.3, -0.25) is 14.5 Å². The number of methoxy groups -OCH3 is 2. The number of aryl methyl sites for hydroxylation is 1. The van der Waals surface area contributed by atoms with Crippen molar-refractivity contribution in [1.82, 2.24) is 4.90 Å². The number of thiocarbonyl (C=S) groups is 1. The fraction of sp³-hybridized carbons (Fsp3) is 0.207. The summed E-state index contributed by atoms with van der Waals surface area (Å²) < 4.78 is 18.1. The van der Waals surface area contributed by atoms with Crippen molar-refractivity contribution in [2.24, 2.45) is 0 Å². The number of hydrogen-bond acceptors (Lipinski definition) is 6. The number of carbonyl (C=O) groups is 2. The summed E-state index contributed by atoms with van der Waals surface area (Å²) in [4.78, 5) is 28.8. The summed E-state index contributed by atoms with van der Waals surface area (Å²) in [7, 11) is 2.84. The molecule has 1 saturated heterocycles. The molecule has 0 aromatic heterocycles. The molecule has 202 valence electrons. The van der Waals surface area contributed by atoms with Crippen LogP contribution in [0.3, 0.4) is 0 Å². The molecule has 1 aliphatic heterocycles. The molecule has 0 atom stereocenters. The molecule has 39 heavy (non-hydrogen) atoms. The molecule has 10 heteroatoms. The lowest BCUT2D eigenvalue weighted by molar-refractivity contribution is -0.140. The second-order valence-corrected chi connectivity index (χ2v) is 10.7. The van der Waals surface area contributed by atoms with Crippen LogP contribution in [0.15, 0.2) is 75.3 Å². The Bertz CT molecular complexity index is 1420. The molecule has 7 nitrogen and oxygen atoms in total. The van der Waals surface area contributed by atoms with Gasteiger partial charge < -0.3 is 19.1 Å².